The Kier molecular flexibility index (Phi) is 0.477. The van der Waals surface area contributed by atoms with E-state index in [0.717, 1.165) is 0 Å². The van der Waals surface area contributed by atoms with Crippen LogP contribution in [0.3, 0.4) is 0 Å². The molecule has 0 spiro atoms. The van der Waals surface area contributed by atoms with E-state index in [0.29, 0.717) is 6.04 Å². The molecule has 0 fully saturated rings. The fraction of sp³-hybridized carbons (Fsp3) is 0.200. The monoisotopic (exact) mass is 82.1 g/mol. The summed E-state index contributed by atoms with van der Waals surface area (Å²) < 4.78 is 8.84. The van der Waals surface area contributed by atoms with Gasteiger partial charge in [-0.25, -0.2) is 0 Å². The van der Waals surface area contributed by atoms with Gasteiger partial charge in [-0.2, -0.15) is 0 Å². The van der Waals surface area contributed by atoms with Gasteiger partial charge in [-0.15, -0.1) is 0 Å². The maximum atomic E-state index is 7.00. The Labute approximate surface area is 38.6 Å². The maximum absolute atomic E-state index is 7.00. The summed E-state index contributed by atoms with van der Waals surface area (Å²) in [6.07, 6.45) is 3.60. The molecule has 1 heterocycles. The molecule has 1 heteroatoms. The summed E-state index contributed by atoms with van der Waals surface area (Å²) in [5.41, 5.74) is 0. The molecule has 1 nitrogen and oxygen atoms in total. The Bertz CT molecular complexity index is 140. The second-order valence-corrected chi connectivity index (χ2v) is 1.28. The molecular formula is C5H7N. The largest absolute Gasteiger partial charge is 0.357 e. The molecule has 0 saturated carbocycles. The number of hydrogen-bond acceptors (Lipinski definition) is 0. The average Bonchev–Trinajstić information content (AvgIpc) is 1.87. The fourth-order valence-electron chi connectivity index (χ4n) is 0.364. The van der Waals surface area contributed by atoms with Crippen molar-refractivity contribution in [2.75, 3.05) is 0 Å². The third-order valence-electron chi connectivity index (χ3n) is 0.684. The molecular weight excluding hydrogens is 74.1 g/mol. The standard InChI is InChI=1S/C5H7N/c1-6-4-2-3-5-6/h2-5H,1H3/i2D. The SMILES string of the molecule is [2H]c1ccn(C)c1. The molecule has 1 rings (SSSR count). The van der Waals surface area contributed by atoms with Gasteiger partial charge in [0.25, 0.3) is 0 Å². The Morgan fingerprint density at radius 1 is 1.67 bits per heavy atom. The maximum Gasteiger partial charge on any atom is 0.0639 e. The highest BCUT2D eigenvalue weighted by Gasteiger charge is 1.68. The molecule has 0 aliphatic rings. The molecule has 0 amide bonds. The van der Waals surface area contributed by atoms with E-state index in [2.05, 4.69) is 0 Å². The Balaban J connectivity index is 3.04. The van der Waals surface area contributed by atoms with E-state index in [-0.39, 0.29) is 0 Å². The zero-order valence-corrected chi connectivity index (χ0v) is 3.68. The second kappa shape index (κ2) is 1.17. The number of rotatable bonds is 0. The predicted octanol–water partition coefficient (Wildman–Crippen LogP) is 1.03. The normalized spacial score (nSPS) is 11.2. The van der Waals surface area contributed by atoms with Crippen LogP contribution < -0.4 is 0 Å². The van der Waals surface area contributed by atoms with Crippen LogP contribution in [0.5, 0.6) is 0 Å². The first-order valence-corrected chi connectivity index (χ1v) is 1.87. The zero-order valence-electron chi connectivity index (χ0n) is 4.68. The number of aromatic nitrogens is 1. The van der Waals surface area contributed by atoms with Crippen molar-refractivity contribution in [3.63, 3.8) is 0 Å². The van der Waals surface area contributed by atoms with Crippen molar-refractivity contribution in [1.29, 1.82) is 0 Å². The molecule has 1 aromatic heterocycles. The van der Waals surface area contributed by atoms with Crippen LogP contribution in [-0.4, -0.2) is 4.57 Å². The minimum atomic E-state index is 0.572. The molecule has 0 aliphatic heterocycles. The first-order valence-electron chi connectivity index (χ1n) is 2.37. The molecule has 0 saturated heterocycles. The minimum absolute atomic E-state index is 0.572. The van der Waals surface area contributed by atoms with Gasteiger partial charge >= 0.3 is 0 Å². The van der Waals surface area contributed by atoms with Gasteiger partial charge in [-0.05, 0) is 12.1 Å². The van der Waals surface area contributed by atoms with Crippen LogP contribution in [0.15, 0.2) is 24.5 Å². The Hall–Kier alpha value is -0.720. The molecule has 0 aromatic carbocycles. The van der Waals surface area contributed by atoms with Crippen LogP contribution in [0, 0.1) is 0 Å². The van der Waals surface area contributed by atoms with Crippen molar-refractivity contribution >= 4 is 0 Å². The van der Waals surface area contributed by atoms with E-state index >= 15 is 0 Å². The lowest BCUT2D eigenvalue weighted by atomic mass is 10.7. The zero-order chi connectivity index (χ0) is 5.28. The first-order chi connectivity index (χ1) is 3.29. The summed E-state index contributed by atoms with van der Waals surface area (Å²) in [6.45, 7) is 0. The van der Waals surface area contributed by atoms with Gasteiger partial charge in [0, 0.05) is 19.4 Å². The van der Waals surface area contributed by atoms with Gasteiger partial charge in [-0.1, -0.05) is 0 Å². The molecule has 0 radical (unpaired) electrons. The Morgan fingerprint density at radius 3 is 2.67 bits per heavy atom. The van der Waals surface area contributed by atoms with Crippen molar-refractivity contribution in [2.45, 2.75) is 0 Å². The van der Waals surface area contributed by atoms with Crippen molar-refractivity contribution in [3.05, 3.63) is 24.5 Å². The molecule has 0 atom stereocenters. The molecule has 0 N–H and O–H groups in total. The van der Waals surface area contributed by atoms with E-state index < -0.39 is 0 Å². The third kappa shape index (κ3) is 0.432. The van der Waals surface area contributed by atoms with Crippen LogP contribution in [-0.2, 0) is 7.05 Å². The molecule has 0 bridgehead atoms. The minimum Gasteiger partial charge on any atom is -0.357 e. The van der Waals surface area contributed by atoms with Gasteiger partial charge in [0.05, 0.1) is 1.37 Å². The van der Waals surface area contributed by atoms with Crippen LogP contribution in [0.4, 0.5) is 0 Å². The number of aryl methyl sites for hydroxylation is 1. The summed E-state index contributed by atoms with van der Waals surface area (Å²) in [6, 6.07) is 2.32. The van der Waals surface area contributed by atoms with Crippen LogP contribution in [0.25, 0.3) is 0 Å². The lowest BCUT2D eigenvalue weighted by molar-refractivity contribution is 0.928. The molecule has 32 valence electrons. The number of hydrogen-bond donors (Lipinski definition) is 0. The topological polar surface area (TPSA) is 4.93 Å². The quantitative estimate of drug-likeness (QED) is 0.440. The fourth-order valence-corrected chi connectivity index (χ4v) is 0.364. The van der Waals surface area contributed by atoms with Crippen LogP contribution >= 0.6 is 0 Å². The van der Waals surface area contributed by atoms with E-state index in [1.807, 2.05) is 17.8 Å². The number of nitrogens with zero attached hydrogens (tertiary/aromatic N) is 1. The van der Waals surface area contributed by atoms with Crippen LogP contribution in [0.2, 0.25) is 0 Å². The summed E-state index contributed by atoms with van der Waals surface area (Å²) in [4.78, 5) is 0. The van der Waals surface area contributed by atoms with Crippen molar-refractivity contribution < 1.29 is 1.37 Å². The van der Waals surface area contributed by atoms with Gasteiger partial charge in [0.1, 0.15) is 0 Å². The average molecular weight is 82.1 g/mol. The smallest absolute Gasteiger partial charge is 0.0639 e. The third-order valence-corrected chi connectivity index (χ3v) is 0.684. The summed E-state index contributed by atoms with van der Waals surface area (Å²) in [7, 11) is 1.90. The van der Waals surface area contributed by atoms with E-state index in [1.54, 1.807) is 12.3 Å². The molecule has 6 heavy (non-hydrogen) atoms. The molecule has 0 aliphatic carbocycles. The molecule has 1 aromatic rings. The van der Waals surface area contributed by atoms with Gasteiger partial charge in [-0.3, -0.25) is 0 Å². The summed E-state index contributed by atoms with van der Waals surface area (Å²) in [5.74, 6) is 0. The van der Waals surface area contributed by atoms with Gasteiger partial charge in [0.2, 0.25) is 0 Å². The van der Waals surface area contributed by atoms with Gasteiger partial charge < -0.3 is 4.57 Å². The predicted molar refractivity (Wildman–Crippen MR) is 25.4 cm³/mol. The highest BCUT2D eigenvalue weighted by atomic mass is 14.9. The van der Waals surface area contributed by atoms with Crippen molar-refractivity contribution in [2.24, 2.45) is 7.05 Å². The van der Waals surface area contributed by atoms with Crippen LogP contribution in [0.1, 0.15) is 1.37 Å². The highest BCUT2D eigenvalue weighted by molar-refractivity contribution is 4.88. The summed E-state index contributed by atoms with van der Waals surface area (Å²) in [5, 5.41) is 0. The highest BCUT2D eigenvalue weighted by Crippen LogP contribution is 1.80. The van der Waals surface area contributed by atoms with E-state index in [1.165, 1.54) is 0 Å². The Morgan fingerprint density at radius 2 is 2.50 bits per heavy atom. The first kappa shape index (κ1) is 2.45. The van der Waals surface area contributed by atoms with Gasteiger partial charge in [0.15, 0.2) is 0 Å². The van der Waals surface area contributed by atoms with E-state index in [4.69, 9.17) is 1.37 Å². The van der Waals surface area contributed by atoms with Crippen molar-refractivity contribution in [3.8, 4) is 0 Å². The lowest BCUT2D eigenvalue weighted by Gasteiger charge is -1.79. The second-order valence-electron chi connectivity index (χ2n) is 1.28. The summed E-state index contributed by atoms with van der Waals surface area (Å²) >= 11 is 0. The van der Waals surface area contributed by atoms with Crippen molar-refractivity contribution in [1.82, 2.24) is 4.57 Å². The van der Waals surface area contributed by atoms with E-state index in [9.17, 15) is 0 Å². The lowest BCUT2D eigenvalue weighted by Crippen LogP contribution is -1.75. The molecule has 0 unspecified atom stereocenters.